The van der Waals surface area contributed by atoms with Gasteiger partial charge in [0, 0.05) is 20.7 Å². The Morgan fingerprint density at radius 1 is 1.27 bits per heavy atom. The number of carbonyl (C=O) groups excluding carboxylic acids is 1. The third kappa shape index (κ3) is 3.10. The van der Waals surface area contributed by atoms with Crippen molar-refractivity contribution in [3.05, 3.63) is 57.1 Å². The maximum absolute atomic E-state index is 12.3. The third-order valence-electron chi connectivity index (χ3n) is 3.33. The van der Waals surface area contributed by atoms with E-state index in [9.17, 15) is 4.79 Å². The molecule has 3 rings (SSSR count). The van der Waals surface area contributed by atoms with Crippen LogP contribution in [0.1, 0.15) is 27.0 Å². The van der Waals surface area contributed by atoms with Gasteiger partial charge in [-0.15, -0.1) is 22.7 Å². The molecular weight excluding hydrogens is 312 g/mol. The van der Waals surface area contributed by atoms with E-state index in [0.29, 0.717) is 10.7 Å². The second-order valence-electron chi connectivity index (χ2n) is 4.90. The van der Waals surface area contributed by atoms with Crippen LogP contribution in [0, 0.1) is 6.92 Å². The fourth-order valence-corrected chi connectivity index (χ4v) is 3.81. The Morgan fingerprint density at radius 3 is 2.73 bits per heavy atom. The number of hydrogen-bond acceptors (Lipinski definition) is 4. The number of amides is 1. The van der Waals surface area contributed by atoms with Crippen LogP contribution in [0.5, 0.6) is 0 Å². The Bertz CT molecular complexity index is 790. The molecule has 5 heteroatoms. The van der Waals surface area contributed by atoms with E-state index in [-0.39, 0.29) is 5.91 Å². The van der Waals surface area contributed by atoms with Crippen molar-refractivity contribution < 1.29 is 4.79 Å². The van der Waals surface area contributed by atoms with Gasteiger partial charge in [-0.25, -0.2) is 4.98 Å². The highest BCUT2D eigenvalue weighted by atomic mass is 32.1. The first-order valence-corrected chi connectivity index (χ1v) is 8.78. The smallest absolute Gasteiger partial charge is 0.258 e. The van der Waals surface area contributed by atoms with Crippen LogP contribution in [0.3, 0.4) is 0 Å². The molecule has 112 valence electrons. The lowest BCUT2D eigenvalue weighted by molar-refractivity contribution is 0.102. The molecule has 0 atom stereocenters. The second kappa shape index (κ2) is 6.42. The van der Waals surface area contributed by atoms with E-state index in [1.165, 1.54) is 16.2 Å². The summed E-state index contributed by atoms with van der Waals surface area (Å²) in [4.78, 5) is 19.1. The number of rotatable bonds is 4. The second-order valence-corrected chi connectivity index (χ2v) is 7.10. The van der Waals surface area contributed by atoms with Crippen molar-refractivity contribution in [1.82, 2.24) is 4.98 Å². The molecule has 0 aliphatic heterocycles. The number of benzene rings is 1. The Kier molecular flexibility index (Phi) is 4.36. The molecule has 0 aliphatic rings. The number of carbonyl (C=O) groups is 1. The van der Waals surface area contributed by atoms with Crippen molar-refractivity contribution in [2.45, 2.75) is 20.3 Å². The lowest BCUT2D eigenvalue weighted by atomic mass is 10.1. The van der Waals surface area contributed by atoms with Crippen LogP contribution < -0.4 is 5.32 Å². The Balaban J connectivity index is 1.80. The number of anilines is 1. The zero-order chi connectivity index (χ0) is 15.5. The average molecular weight is 328 g/mol. The predicted octanol–water partition coefficient (Wildman–Crippen LogP) is 4.99. The van der Waals surface area contributed by atoms with E-state index in [1.807, 2.05) is 48.7 Å². The molecule has 2 aromatic heterocycles. The Morgan fingerprint density at radius 2 is 2.05 bits per heavy atom. The lowest BCUT2D eigenvalue weighted by Gasteiger charge is -1.99. The van der Waals surface area contributed by atoms with E-state index in [0.717, 1.165) is 22.6 Å². The monoisotopic (exact) mass is 328 g/mol. The van der Waals surface area contributed by atoms with E-state index in [1.54, 1.807) is 11.3 Å². The minimum Gasteiger partial charge on any atom is -0.298 e. The number of nitrogens with zero attached hydrogens (tertiary/aromatic N) is 1. The summed E-state index contributed by atoms with van der Waals surface area (Å²) in [6.45, 7) is 4.11. The van der Waals surface area contributed by atoms with Gasteiger partial charge in [0.1, 0.15) is 0 Å². The van der Waals surface area contributed by atoms with Crippen LogP contribution >= 0.6 is 22.7 Å². The van der Waals surface area contributed by atoms with E-state index >= 15 is 0 Å². The maximum atomic E-state index is 12.3. The summed E-state index contributed by atoms with van der Waals surface area (Å²) in [6, 6.07) is 12.0. The van der Waals surface area contributed by atoms with Crippen LogP contribution in [0.25, 0.3) is 11.3 Å². The standard InChI is InChI=1S/C17H16N2OS2/c1-3-14-9-13(10-21-14)16(20)19-17-18-15(11(2)22-17)12-7-5-4-6-8-12/h4-10H,3H2,1-2H3,(H,18,19,20). The van der Waals surface area contributed by atoms with Crippen molar-refractivity contribution in [2.75, 3.05) is 5.32 Å². The molecule has 0 bridgehead atoms. The number of thiophene rings is 1. The predicted molar refractivity (Wildman–Crippen MR) is 93.9 cm³/mol. The van der Waals surface area contributed by atoms with Crippen molar-refractivity contribution >= 4 is 33.7 Å². The first kappa shape index (κ1) is 14.9. The highest BCUT2D eigenvalue weighted by Crippen LogP contribution is 2.30. The summed E-state index contributed by atoms with van der Waals surface area (Å²) in [5, 5.41) is 5.44. The Hall–Kier alpha value is -1.98. The van der Waals surface area contributed by atoms with Gasteiger partial charge in [0.05, 0.1) is 11.3 Å². The molecule has 0 aliphatic carbocycles. The SMILES string of the molecule is CCc1cc(C(=O)Nc2nc(-c3ccccc3)c(C)s2)cs1. The van der Waals surface area contributed by atoms with Crippen molar-refractivity contribution in [3.63, 3.8) is 0 Å². The summed E-state index contributed by atoms with van der Waals surface area (Å²) in [5.41, 5.74) is 2.71. The van der Waals surface area contributed by atoms with E-state index in [2.05, 4.69) is 17.2 Å². The molecule has 3 nitrogen and oxygen atoms in total. The number of aromatic nitrogens is 1. The molecule has 1 amide bonds. The fraction of sp³-hybridized carbons (Fsp3) is 0.176. The minimum absolute atomic E-state index is 0.0932. The summed E-state index contributed by atoms with van der Waals surface area (Å²) in [7, 11) is 0. The van der Waals surface area contributed by atoms with Gasteiger partial charge >= 0.3 is 0 Å². The number of thiazole rings is 1. The molecule has 0 saturated heterocycles. The Labute approximate surface area is 137 Å². The molecule has 0 radical (unpaired) electrons. The van der Waals surface area contributed by atoms with Crippen LogP contribution in [0.2, 0.25) is 0 Å². The summed E-state index contributed by atoms with van der Waals surface area (Å²) < 4.78 is 0. The number of hydrogen-bond donors (Lipinski definition) is 1. The van der Waals surface area contributed by atoms with Gasteiger partial charge in [0.2, 0.25) is 0 Å². The quantitative estimate of drug-likeness (QED) is 0.732. The molecular formula is C17H16N2OS2. The fourth-order valence-electron chi connectivity index (χ4n) is 2.17. The molecule has 3 aromatic rings. The topological polar surface area (TPSA) is 42.0 Å². The van der Waals surface area contributed by atoms with Crippen molar-refractivity contribution in [2.24, 2.45) is 0 Å². The lowest BCUT2D eigenvalue weighted by Crippen LogP contribution is -2.10. The average Bonchev–Trinajstić information content (AvgIpc) is 3.15. The first-order valence-electron chi connectivity index (χ1n) is 7.09. The van der Waals surface area contributed by atoms with Gasteiger partial charge in [0.25, 0.3) is 5.91 Å². The van der Waals surface area contributed by atoms with Gasteiger partial charge in [0.15, 0.2) is 5.13 Å². The van der Waals surface area contributed by atoms with E-state index in [4.69, 9.17) is 0 Å². The van der Waals surface area contributed by atoms with E-state index < -0.39 is 0 Å². The molecule has 0 fully saturated rings. The number of aryl methyl sites for hydroxylation is 2. The molecule has 0 spiro atoms. The zero-order valence-corrected chi connectivity index (χ0v) is 14.1. The number of nitrogens with one attached hydrogen (secondary N) is 1. The molecule has 22 heavy (non-hydrogen) atoms. The highest BCUT2D eigenvalue weighted by Gasteiger charge is 2.14. The first-order chi connectivity index (χ1) is 10.7. The molecule has 0 saturated carbocycles. The van der Waals surface area contributed by atoms with Gasteiger partial charge in [-0.05, 0) is 19.4 Å². The van der Waals surface area contributed by atoms with Crippen LogP contribution in [-0.2, 0) is 6.42 Å². The minimum atomic E-state index is -0.0932. The summed E-state index contributed by atoms with van der Waals surface area (Å²) in [6.07, 6.45) is 0.951. The summed E-state index contributed by atoms with van der Waals surface area (Å²) in [5.74, 6) is -0.0932. The van der Waals surface area contributed by atoms with Gasteiger partial charge in [-0.2, -0.15) is 0 Å². The summed E-state index contributed by atoms with van der Waals surface area (Å²) >= 11 is 3.12. The highest BCUT2D eigenvalue weighted by molar-refractivity contribution is 7.16. The largest absolute Gasteiger partial charge is 0.298 e. The van der Waals surface area contributed by atoms with Crippen molar-refractivity contribution in [1.29, 1.82) is 0 Å². The maximum Gasteiger partial charge on any atom is 0.258 e. The van der Waals surface area contributed by atoms with Gasteiger partial charge < -0.3 is 0 Å². The zero-order valence-electron chi connectivity index (χ0n) is 12.4. The van der Waals surface area contributed by atoms with Crippen molar-refractivity contribution in [3.8, 4) is 11.3 Å². The van der Waals surface area contributed by atoms with Crippen LogP contribution in [-0.4, -0.2) is 10.9 Å². The van der Waals surface area contributed by atoms with Crippen LogP contribution in [0.15, 0.2) is 41.8 Å². The van der Waals surface area contributed by atoms with Crippen LogP contribution in [0.4, 0.5) is 5.13 Å². The normalized spacial score (nSPS) is 10.6. The van der Waals surface area contributed by atoms with Gasteiger partial charge in [-0.1, -0.05) is 37.3 Å². The molecule has 1 aromatic carbocycles. The van der Waals surface area contributed by atoms with Gasteiger partial charge in [-0.3, -0.25) is 10.1 Å². The molecule has 2 heterocycles. The molecule has 1 N–H and O–H groups in total. The third-order valence-corrected chi connectivity index (χ3v) is 5.30. The molecule has 0 unspecified atom stereocenters.